The average Bonchev–Trinajstić information content (AvgIpc) is 2.67. The average molecular weight is 240 g/mol. The number of rotatable bonds is 2. The first-order chi connectivity index (χ1) is 8.11. The smallest absolute Gasteiger partial charge is 0.291 e. The molecule has 0 radical (unpaired) electrons. The molecule has 1 aromatic heterocycles. The van der Waals surface area contributed by atoms with Crippen LogP contribution in [0.15, 0.2) is 4.42 Å². The first-order valence-corrected chi connectivity index (χ1v) is 5.57. The maximum Gasteiger partial charge on any atom is 0.291 e. The van der Waals surface area contributed by atoms with Crippen molar-refractivity contribution in [1.29, 1.82) is 0 Å². The summed E-state index contributed by atoms with van der Waals surface area (Å²) in [5, 5.41) is 9.02. The summed E-state index contributed by atoms with van der Waals surface area (Å²) in [6, 6.07) is 0. The Morgan fingerprint density at radius 2 is 2.35 bits per heavy atom. The van der Waals surface area contributed by atoms with E-state index in [-0.39, 0.29) is 24.4 Å². The molecule has 1 amide bonds. The molecule has 17 heavy (non-hydrogen) atoms. The van der Waals surface area contributed by atoms with Gasteiger partial charge in [0.15, 0.2) is 5.89 Å². The number of carbonyl (C=O) groups excluding carboxylic acids is 1. The Bertz CT molecular complexity index is 416. The number of hydrogen-bond donors (Lipinski definition) is 1. The lowest BCUT2D eigenvalue weighted by Crippen LogP contribution is -2.47. The lowest BCUT2D eigenvalue weighted by Gasteiger charge is -2.31. The summed E-state index contributed by atoms with van der Waals surface area (Å²) in [6.45, 7) is 4.69. The van der Waals surface area contributed by atoms with Gasteiger partial charge in [-0.1, -0.05) is 0 Å². The van der Waals surface area contributed by atoms with Crippen molar-refractivity contribution in [3.8, 4) is 0 Å². The Balaban J connectivity index is 2.12. The van der Waals surface area contributed by atoms with E-state index in [4.69, 9.17) is 14.3 Å². The van der Waals surface area contributed by atoms with Crippen LogP contribution in [0.25, 0.3) is 0 Å². The highest BCUT2D eigenvalue weighted by molar-refractivity contribution is 5.92. The predicted molar refractivity (Wildman–Crippen MR) is 58.7 cm³/mol. The lowest BCUT2D eigenvalue weighted by atomic mass is 10.2. The lowest BCUT2D eigenvalue weighted by molar-refractivity contribution is -0.0454. The molecule has 1 atom stereocenters. The van der Waals surface area contributed by atoms with Gasteiger partial charge in [0.25, 0.3) is 5.91 Å². The summed E-state index contributed by atoms with van der Waals surface area (Å²) in [7, 11) is 0. The number of aliphatic hydroxyl groups is 1. The van der Waals surface area contributed by atoms with Crippen LogP contribution in [0, 0.1) is 13.8 Å². The second kappa shape index (κ2) is 4.85. The normalized spacial score (nSPS) is 20.6. The van der Waals surface area contributed by atoms with Crippen LogP contribution < -0.4 is 0 Å². The fraction of sp³-hybridized carbons (Fsp3) is 0.636. The monoisotopic (exact) mass is 240 g/mol. The van der Waals surface area contributed by atoms with E-state index >= 15 is 0 Å². The van der Waals surface area contributed by atoms with Gasteiger partial charge in [-0.3, -0.25) is 4.79 Å². The molecular weight excluding hydrogens is 224 g/mol. The van der Waals surface area contributed by atoms with Crippen molar-refractivity contribution in [2.75, 3.05) is 26.3 Å². The molecule has 1 aromatic rings. The van der Waals surface area contributed by atoms with Crippen LogP contribution in [-0.2, 0) is 4.74 Å². The number of morpholine rings is 1. The number of oxazole rings is 1. The van der Waals surface area contributed by atoms with Crippen molar-refractivity contribution in [1.82, 2.24) is 9.88 Å². The van der Waals surface area contributed by atoms with E-state index in [1.54, 1.807) is 18.7 Å². The first kappa shape index (κ1) is 12.1. The molecule has 1 aliphatic rings. The largest absolute Gasteiger partial charge is 0.436 e. The van der Waals surface area contributed by atoms with Gasteiger partial charge >= 0.3 is 0 Å². The fourth-order valence-corrected chi connectivity index (χ4v) is 1.89. The summed E-state index contributed by atoms with van der Waals surface area (Å²) in [6.07, 6.45) is -0.308. The van der Waals surface area contributed by atoms with Gasteiger partial charge < -0.3 is 19.2 Å². The Kier molecular flexibility index (Phi) is 3.44. The van der Waals surface area contributed by atoms with Crippen LogP contribution in [0.5, 0.6) is 0 Å². The zero-order valence-corrected chi connectivity index (χ0v) is 9.97. The molecule has 94 valence electrons. The predicted octanol–water partition coefficient (Wildman–Crippen LogP) is 0.125. The quantitative estimate of drug-likeness (QED) is 0.795. The number of hydrogen-bond acceptors (Lipinski definition) is 5. The second-order valence-corrected chi connectivity index (χ2v) is 4.07. The highest BCUT2D eigenvalue weighted by atomic mass is 16.5. The van der Waals surface area contributed by atoms with Gasteiger partial charge in [-0.2, -0.15) is 0 Å². The Hall–Kier alpha value is -1.40. The van der Waals surface area contributed by atoms with Gasteiger partial charge in [0.2, 0.25) is 5.76 Å². The molecule has 0 aromatic carbocycles. The SMILES string of the molecule is Cc1nc(C)c(C(=O)N2CCOC(CO)C2)o1. The molecule has 1 fully saturated rings. The van der Waals surface area contributed by atoms with E-state index in [0.717, 1.165) is 0 Å². The third kappa shape index (κ3) is 2.48. The van der Waals surface area contributed by atoms with Gasteiger partial charge in [-0.05, 0) is 6.92 Å². The standard InChI is InChI=1S/C11H16N2O4/c1-7-10(17-8(2)12-7)11(15)13-3-4-16-9(5-13)6-14/h9,14H,3-6H2,1-2H3. The third-order valence-corrected chi connectivity index (χ3v) is 2.73. The number of aromatic nitrogens is 1. The Morgan fingerprint density at radius 1 is 1.59 bits per heavy atom. The third-order valence-electron chi connectivity index (χ3n) is 2.73. The number of aryl methyl sites for hydroxylation is 2. The van der Waals surface area contributed by atoms with Crippen LogP contribution in [0.2, 0.25) is 0 Å². The van der Waals surface area contributed by atoms with Crippen LogP contribution in [-0.4, -0.2) is 53.3 Å². The maximum absolute atomic E-state index is 12.2. The molecule has 1 aliphatic heterocycles. The van der Waals surface area contributed by atoms with Crippen molar-refractivity contribution in [3.05, 3.63) is 17.3 Å². The van der Waals surface area contributed by atoms with E-state index in [1.807, 2.05) is 0 Å². The molecule has 1 saturated heterocycles. The molecule has 2 rings (SSSR count). The number of carbonyl (C=O) groups is 1. The van der Waals surface area contributed by atoms with E-state index in [1.165, 1.54) is 0 Å². The van der Waals surface area contributed by atoms with E-state index in [9.17, 15) is 4.79 Å². The van der Waals surface area contributed by atoms with E-state index < -0.39 is 0 Å². The summed E-state index contributed by atoms with van der Waals surface area (Å²) in [5.41, 5.74) is 0.597. The van der Waals surface area contributed by atoms with Gasteiger partial charge in [0.05, 0.1) is 25.0 Å². The topological polar surface area (TPSA) is 75.8 Å². The Labute approximate surface area is 99.2 Å². The van der Waals surface area contributed by atoms with E-state index in [2.05, 4.69) is 4.98 Å². The van der Waals surface area contributed by atoms with Gasteiger partial charge in [0.1, 0.15) is 0 Å². The van der Waals surface area contributed by atoms with Gasteiger partial charge in [-0.25, -0.2) is 4.98 Å². The molecule has 6 heteroatoms. The Morgan fingerprint density at radius 3 is 2.94 bits per heavy atom. The maximum atomic E-state index is 12.2. The molecule has 0 saturated carbocycles. The summed E-state index contributed by atoms with van der Waals surface area (Å²) >= 11 is 0. The minimum atomic E-state index is -0.308. The molecule has 6 nitrogen and oxygen atoms in total. The van der Waals surface area contributed by atoms with E-state index in [0.29, 0.717) is 31.3 Å². The van der Waals surface area contributed by atoms with Crippen molar-refractivity contribution >= 4 is 5.91 Å². The molecule has 0 spiro atoms. The molecule has 1 unspecified atom stereocenters. The highest BCUT2D eigenvalue weighted by Gasteiger charge is 2.27. The number of ether oxygens (including phenoxy) is 1. The van der Waals surface area contributed by atoms with Crippen molar-refractivity contribution in [3.63, 3.8) is 0 Å². The molecule has 2 heterocycles. The molecular formula is C11H16N2O4. The minimum Gasteiger partial charge on any atom is -0.436 e. The minimum absolute atomic E-state index is 0.0851. The fourth-order valence-electron chi connectivity index (χ4n) is 1.89. The van der Waals surface area contributed by atoms with Crippen molar-refractivity contribution < 1.29 is 19.1 Å². The number of amides is 1. The summed E-state index contributed by atoms with van der Waals surface area (Å²) in [5.74, 6) is 0.573. The zero-order chi connectivity index (χ0) is 12.4. The first-order valence-electron chi connectivity index (χ1n) is 5.57. The number of aliphatic hydroxyl groups excluding tert-OH is 1. The summed E-state index contributed by atoms with van der Waals surface area (Å²) < 4.78 is 10.6. The molecule has 0 bridgehead atoms. The van der Waals surface area contributed by atoms with Gasteiger partial charge in [0, 0.05) is 20.0 Å². The summed E-state index contributed by atoms with van der Waals surface area (Å²) in [4.78, 5) is 17.8. The number of nitrogens with zero attached hydrogens (tertiary/aromatic N) is 2. The van der Waals surface area contributed by atoms with Crippen molar-refractivity contribution in [2.24, 2.45) is 0 Å². The van der Waals surface area contributed by atoms with Crippen LogP contribution in [0.3, 0.4) is 0 Å². The van der Waals surface area contributed by atoms with Crippen LogP contribution >= 0.6 is 0 Å². The van der Waals surface area contributed by atoms with Gasteiger partial charge in [-0.15, -0.1) is 0 Å². The molecule has 1 N–H and O–H groups in total. The second-order valence-electron chi connectivity index (χ2n) is 4.07. The van der Waals surface area contributed by atoms with Crippen molar-refractivity contribution in [2.45, 2.75) is 20.0 Å². The van der Waals surface area contributed by atoms with Crippen LogP contribution in [0.1, 0.15) is 22.1 Å². The highest BCUT2D eigenvalue weighted by Crippen LogP contribution is 2.15. The zero-order valence-electron chi connectivity index (χ0n) is 9.97. The molecule has 0 aliphatic carbocycles. The van der Waals surface area contributed by atoms with Crippen LogP contribution in [0.4, 0.5) is 0 Å².